The summed E-state index contributed by atoms with van der Waals surface area (Å²) in [6, 6.07) is 14.5. The highest BCUT2D eigenvalue weighted by Gasteiger charge is 2.31. The van der Waals surface area contributed by atoms with Gasteiger partial charge in [-0.2, -0.15) is 0 Å². The van der Waals surface area contributed by atoms with Crippen molar-refractivity contribution in [3.05, 3.63) is 76.8 Å². The second-order valence-corrected chi connectivity index (χ2v) is 5.66. The largest absolute Gasteiger partial charge is 0.350 e. The highest BCUT2D eigenvalue weighted by atomic mass is 35.5. The predicted molar refractivity (Wildman–Crippen MR) is 89.8 cm³/mol. The molecule has 1 heterocycles. The molecule has 2 amide bonds. The van der Waals surface area contributed by atoms with Gasteiger partial charge in [-0.25, -0.2) is 0 Å². The third kappa shape index (κ3) is 2.98. The van der Waals surface area contributed by atoms with Crippen molar-refractivity contribution in [3.63, 3.8) is 0 Å². The molecule has 23 heavy (non-hydrogen) atoms. The summed E-state index contributed by atoms with van der Waals surface area (Å²) in [7, 11) is 0. The third-order valence-corrected chi connectivity index (χ3v) is 4.14. The van der Waals surface area contributed by atoms with Gasteiger partial charge >= 0.3 is 0 Å². The van der Waals surface area contributed by atoms with Gasteiger partial charge in [-0.1, -0.05) is 54.6 Å². The zero-order chi connectivity index (χ0) is 16.4. The van der Waals surface area contributed by atoms with E-state index in [9.17, 15) is 9.59 Å². The number of hydrogen-bond donors (Lipinski definition) is 1. The van der Waals surface area contributed by atoms with Crippen LogP contribution in [0.15, 0.2) is 55.1 Å². The van der Waals surface area contributed by atoms with Crippen LogP contribution in [0, 0.1) is 0 Å². The molecule has 2 aromatic carbocycles. The summed E-state index contributed by atoms with van der Waals surface area (Å²) in [5.74, 6) is -0.453. The van der Waals surface area contributed by atoms with Crippen molar-refractivity contribution < 1.29 is 9.59 Å². The summed E-state index contributed by atoms with van der Waals surface area (Å²) >= 11 is 6.06. The Morgan fingerprint density at radius 3 is 2.43 bits per heavy atom. The van der Waals surface area contributed by atoms with Crippen LogP contribution in [-0.4, -0.2) is 23.3 Å². The lowest BCUT2D eigenvalue weighted by molar-refractivity contribution is -0.121. The maximum atomic E-state index is 12.3. The zero-order valence-electron chi connectivity index (χ0n) is 12.4. The summed E-state index contributed by atoms with van der Waals surface area (Å²) in [5.41, 5.74) is 2.74. The van der Waals surface area contributed by atoms with Crippen LogP contribution in [0.4, 0.5) is 0 Å². The Morgan fingerprint density at radius 2 is 1.74 bits per heavy atom. The molecule has 0 saturated carbocycles. The standard InChI is InChI=1S/C18H15ClN2O2/c1-12-14-7-3-4-8-15(14)18(23)21(12)11-17(22)20-10-13-6-2-5-9-16(13)19/h2-9H,1,10-11H2,(H,20,22). The molecule has 0 radical (unpaired) electrons. The number of carbonyl (C=O) groups excluding carboxylic acids is 2. The van der Waals surface area contributed by atoms with Crippen LogP contribution < -0.4 is 5.32 Å². The van der Waals surface area contributed by atoms with Gasteiger partial charge < -0.3 is 5.32 Å². The van der Waals surface area contributed by atoms with E-state index < -0.39 is 0 Å². The van der Waals surface area contributed by atoms with E-state index in [4.69, 9.17) is 11.6 Å². The molecule has 0 bridgehead atoms. The Hall–Kier alpha value is -2.59. The summed E-state index contributed by atoms with van der Waals surface area (Å²) in [6.45, 7) is 4.18. The molecule has 116 valence electrons. The molecule has 0 aromatic heterocycles. The third-order valence-electron chi connectivity index (χ3n) is 3.77. The van der Waals surface area contributed by atoms with Gasteiger partial charge in [-0.3, -0.25) is 14.5 Å². The predicted octanol–water partition coefficient (Wildman–Crippen LogP) is 3.08. The minimum atomic E-state index is -0.257. The lowest BCUT2D eigenvalue weighted by Gasteiger charge is -2.17. The highest BCUT2D eigenvalue weighted by molar-refractivity contribution is 6.31. The number of nitrogens with zero attached hydrogens (tertiary/aromatic N) is 1. The first-order valence-electron chi connectivity index (χ1n) is 7.18. The number of carbonyl (C=O) groups is 2. The number of halogens is 1. The number of rotatable bonds is 4. The van der Waals surface area contributed by atoms with E-state index in [-0.39, 0.29) is 18.4 Å². The average molecular weight is 327 g/mol. The molecule has 1 aliphatic heterocycles. The van der Waals surface area contributed by atoms with Crippen molar-refractivity contribution in [2.45, 2.75) is 6.54 Å². The fourth-order valence-electron chi connectivity index (χ4n) is 2.54. The molecule has 1 N–H and O–H groups in total. The molecule has 0 aliphatic carbocycles. The lowest BCUT2D eigenvalue weighted by Crippen LogP contribution is -2.36. The van der Waals surface area contributed by atoms with Gasteiger partial charge in [0.15, 0.2) is 0 Å². The molecular formula is C18H15ClN2O2. The van der Waals surface area contributed by atoms with Gasteiger partial charge in [0, 0.05) is 28.4 Å². The van der Waals surface area contributed by atoms with Crippen molar-refractivity contribution in [1.82, 2.24) is 10.2 Å². The lowest BCUT2D eigenvalue weighted by atomic mass is 10.1. The van der Waals surface area contributed by atoms with Gasteiger partial charge in [0.25, 0.3) is 5.91 Å². The van der Waals surface area contributed by atoms with Gasteiger partial charge in [0.05, 0.1) is 0 Å². The summed E-state index contributed by atoms with van der Waals surface area (Å²) in [4.78, 5) is 25.9. The average Bonchev–Trinajstić information content (AvgIpc) is 2.80. The molecule has 0 fully saturated rings. The first-order valence-corrected chi connectivity index (χ1v) is 7.56. The first kappa shape index (κ1) is 15.3. The second-order valence-electron chi connectivity index (χ2n) is 5.25. The molecule has 5 heteroatoms. The summed E-state index contributed by atoms with van der Waals surface area (Å²) in [6.07, 6.45) is 0. The second kappa shape index (κ2) is 6.26. The van der Waals surface area contributed by atoms with Gasteiger partial charge in [0.1, 0.15) is 6.54 Å². The number of hydrogen-bond acceptors (Lipinski definition) is 2. The van der Waals surface area contributed by atoms with Crippen molar-refractivity contribution in [2.24, 2.45) is 0 Å². The molecule has 0 spiro atoms. The Balaban J connectivity index is 1.64. The fraction of sp³-hybridized carbons (Fsp3) is 0.111. The Kier molecular flexibility index (Phi) is 4.17. The van der Waals surface area contributed by atoms with Crippen LogP contribution >= 0.6 is 11.6 Å². The molecule has 2 aromatic rings. The summed E-state index contributed by atoms with van der Waals surface area (Å²) in [5, 5.41) is 3.38. The molecule has 4 nitrogen and oxygen atoms in total. The SMILES string of the molecule is C=C1c2ccccc2C(=O)N1CC(=O)NCc1ccccc1Cl. The molecular weight excluding hydrogens is 312 g/mol. The van der Waals surface area contributed by atoms with Crippen LogP contribution in [0.25, 0.3) is 5.70 Å². The van der Waals surface area contributed by atoms with Crippen molar-refractivity contribution >= 4 is 29.1 Å². The van der Waals surface area contributed by atoms with Crippen LogP contribution in [0.1, 0.15) is 21.5 Å². The van der Waals surface area contributed by atoms with Crippen LogP contribution in [0.2, 0.25) is 5.02 Å². The van der Waals surface area contributed by atoms with E-state index in [1.165, 1.54) is 4.90 Å². The molecule has 0 unspecified atom stereocenters. The Bertz CT molecular complexity index is 766. The van der Waals surface area contributed by atoms with Crippen LogP contribution in [0.3, 0.4) is 0 Å². The smallest absolute Gasteiger partial charge is 0.259 e. The number of benzene rings is 2. The monoisotopic (exact) mass is 326 g/mol. The van der Waals surface area contributed by atoms with E-state index in [1.54, 1.807) is 18.2 Å². The minimum Gasteiger partial charge on any atom is -0.350 e. The number of nitrogens with one attached hydrogen (secondary N) is 1. The quantitative estimate of drug-likeness (QED) is 0.938. The van der Waals surface area contributed by atoms with Crippen LogP contribution in [-0.2, 0) is 11.3 Å². The molecule has 1 aliphatic rings. The first-order chi connectivity index (χ1) is 11.1. The van der Waals surface area contributed by atoms with Gasteiger partial charge in [-0.15, -0.1) is 0 Å². The Labute approximate surface area is 139 Å². The normalized spacial score (nSPS) is 13.2. The number of amides is 2. The molecule has 0 atom stereocenters. The van der Waals surface area contributed by atoms with E-state index >= 15 is 0 Å². The van der Waals surface area contributed by atoms with E-state index in [2.05, 4.69) is 11.9 Å². The zero-order valence-corrected chi connectivity index (χ0v) is 13.1. The van der Waals surface area contributed by atoms with Crippen molar-refractivity contribution in [3.8, 4) is 0 Å². The maximum Gasteiger partial charge on any atom is 0.259 e. The maximum absolute atomic E-state index is 12.3. The van der Waals surface area contributed by atoms with E-state index in [0.717, 1.165) is 11.1 Å². The van der Waals surface area contributed by atoms with E-state index in [1.807, 2.05) is 30.3 Å². The minimum absolute atomic E-state index is 0.0587. The Morgan fingerprint density at radius 1 is 1.09 bits per heavy atom. The van der Waals surface area contributed by atoms with Crippen molar-refractivity contribution in [1.29, 1.82) is 0 Å². The van der Waals surface area contributed by atoms with Gasteiger partial charge in [0.2, 0.25) is 5.91 Å². The highest BCUT2D eigenvalue weighted by Crippen LogP contribution is 2.30. The van der Waals surface area contributed by atoms with Crippen molar-refractivity contribution in [2.75, 3.05) is 6.54 Å². The fourth-order valence-corrected chi connectivity index (χ4v) is 2.74. The van der Waals surface area contributed by atoms with E-state index in [0.29, 0.717) is 22.8 Å². The molecule has 3 rings (SSSR count). The number of fused-ring (bicyclic) bond motifs is 1. The van der Waals surface area contributed by atoms with Crippen LogP contribution in [0.5, 0.6) is 0 Å². The molecule has 0 saturated heterocycles. The van der Waals surface area contributed by atoms with Gasteiger partial charge in [-0.05, 0) is 17.7 Å². The summed E-state index contributed by atoms with van der Waals surface area (Å²) < 4.78 is 0. The topological polar surface area (TPSA) is 49.4 Å².